The maximum atomic E-state index is 11.3. The minimum Gasteiger partial charge on any atom is -0.336 e. The predicted octanol–water partition coefficient (Wildman–Crippen LogP) is 1.37. The van der Waals surface area contributed by atoms with E-state index in [1.54, 1.807) is 0 Å². The predicted molar refractivity (Wildman–Crippen MR) is 49.0 cm³/mol. The quantitative estimate of drug-likeness (QED) is 0.634. The van der Waals surface area contributed by atoms with Crippen LogP contribution in [0.15, 0.2) is 12.2 Å². The minimum absolute atomic E-state index is 0.0462. The summed E-state index contributed by atoms with van der Waals surface area (Å²) in [6.45, 7) is 9.45. The van der Waals surface area contributed by atoms with E-state index >= 15 is 0 Å². The van der Waals surface area contributed by atoms with Crippen molar-refractivity contribution in [1.82, 2.24) is 10.2 Å². The Labute approximate surface area is 73.4 Å². The van der Waals surface area contributed by atoms with Gasteiger partial charge in [0.1, 0.15) is 0 Å². The van der Waals surface area contributed by atoms with Crippen LogP contribution in [0.5, 0.6) is 0 Å². The van der Waals surface area contributed by atoms with Crippen molar-refractivity contribution in [2.75, 3.05) is 13.1 Å². The van der Waals surface area contributed by atoms with Gasteiger partial charge in [0.2, 0.25) is 0 Å². The molecule has 1 aliphatic heterocycles. The number of carbonyl (C=O) groups excluding carboxylic acids is 1. The van der Waals surface area contributed by atoms with Crippen LogP contribution in [-0.2, 0) is 0 Å². The molecule has 3 nitrogen and oxygen atoms in total. The highest BCUT2D eigenvalue weighted by atomic mass is 16.2. The molecule has 1 aliphatic rings. The number of hydrogen-bond donors (Lipinski definition) is 1. The van der Waals surface area contributed by atoms with Gasteiger partial charge in [-0.1, -0.05) is 19.1 Å². The molecule has 1 saturated heterocycles. The molecule has 0 unspecified atom stereocenters. The molecule has 1 N–H and O–H groups in total. The molecule has 0 aliphatic carbocycles. The minimum atomic E-state index is 0.0462. The highest BCUT2D eigenvalue weighted by molar-refractivity contribution is 5.77. The van der Waals surface area contributed by atoms with E-state index in [1.165, 1.54) is 0 Å². The number of carbonyl (C=O) groups is 1. The third-order valence-corrected chi connectivity index (χ3v) is 2.12. The molecule has 2 amide bonds. The molecule has 0 spiro atoms. The lowest BCUT2D eigenvalue weighted by molar-refractivity contribution is 0.209. The Morgan fingerprint density at radius 3 is 3.00 bits per heavy atom. The average Bonchev–Trinajstić information content (AvgIpc) is 2.34. The van der Waals surface area contributed by atoms with Gasteiger partial charge in [0.15, 0.2) is 0 Å². The summed E-state index contributed by atoms with van der Waals surface area (Å²) in [6, 6.07) is 0.252. The smallest absolute Gasteiger partial charge is 0.318 e. The maximum absolute atomic E-state index is 11.3. The van der Waals surface area contributed by atoms with E-state index in [2.05, 4.69) is 18.8 Å². The van der Waals surface area contributed by atoms with Crippen molar-refractivity contribution < 1.29 is 4.79 Å². The molecule has 1 fully saturated rings. The molecular formula is C9H16N2O. The molecule has 0 bridgehead atoms. The Kier molecular flexibility index (Phi) is 2.74. The highest BCUT2D eigenvalue weighted by Gasteiger charge is 2.29. The Morgan fingerprint density at radius 2 is 2.50 bits per heavy atom. The van der Waals surface area contributed by atoms with Gasteiger partial charge in [-0.15, -0.1) is 0 Å². The zero-order valence-electron chi connectivity index (χ0n) is 7.76. The molecule has 1 atom stereocenters. The van der Waals surface area contributed by atoms with Crippen molar-refractivity contribution in [2.45, 2.75) is 26.3 Å². The lowest BCUT2D eigenvalue weighted by atomic mass is 10.1. The normalized spacial score (nSPS) is 22.7. The first-order valence-corrected chi connectivity index (χ1v) is 4.36. The van der Waals surface area contributed by atoms with Gasteiger partial charge in [-0.05, 0) is 13.3 Å². The van der Waals surface area contributed by atoms with Gasteiger partial charge in [0.05, 0.1) is 6.04 Å². The topological polar surface area (TPSA) is 32.3 Å². The molecule has 12 heavy (non-hydrogen) atoms. The van der Waals surface area contributed by atoms with E-state index in [-0.39, 0.29) is 12.1 Å². The third-order valence-electron chi connectivity index (χ3n) is 2.12. The summed E-state index contributed by atoms with van der Waals surface area (Å²) < 4.78 is 0. The first-order valence-electron chi connectivity index (χ1n) is 4.36. The summed E-state index contributed by atoms with van der Waals surface area (Å²) in [4.78, 5) is 13.1. The highest BCUT2D eigenvalue weighted by Crippen LogP contribution is 2.13. The van der Waals surface area contributed by atoms with Crippen LogP contribution < -0.4 is 5.32 Å². The van der Waals surface area contributed by atoms with Crippen molar-refractivity contribution >= 4 is 6.03 Å². The lowest BCUT2D eigenvalue weighted by Crippen LogP contribution is -2.35. The molecule has 68 valence electrons. The van der Waals surface area contributed by atoms with Gasteiger partial charge in [0, 0.05) is 13.1 Å². The fourth-order valence-electron chi connectivity index (χ4n) is 1.48. The van der Waals surface area contributed by atoms with Crippen LogP contribution in [0.25, 0.3) is 0 Å². The fourth-order valence-corrected chi connectivity index (χ4v) is 1.48. The Hall–Kier alpha value is -0.990. The summed E-state index contributed by atoms with van der Waals surface area (Å²) in [5.74, 6) is 0. The van der Waals surface area contributed by atoms with Crippen molar-refractivity contribution in [3.63, 3.8) is 0 Å². The molecule has 1 rings (SSSR count). The molecular weight excluding hydrogens is 152 g/mol. The van der Waals surface area contributed by atoms with Gasteiger partial charge in [-0.25, -0.2) is 4.79 Å². The molecule has 0 aromatic heterocycles. The first-order chi connectivity index (χ1) is 5.66. The Bertz CT molecular complexity index is 201. The summed E-state index contributed by atoms with van der Waals surface area (Å²) >= 11 is 0. The molecule has 0 aromatic rings. The van der Waals surface area contributed by atoms with Crippen LogP contribution in [-0.4, -0.2) is 30.1 Å². The summed E-state index contributed by atoms with van der Waals surface area (Å²) in [5.41, 5.74) is 1.06. The number of nitrogens with one attached hydrogen (secondary N) is 1. The van der Waals surface area contributed by atoms with E-state index in [9.17, 15) is 4.79 Å². The van der Waals surface area contributed by atoms with Crippen molar-refractivity contribution in [1.29, 1.82) is 0 Å². The summed E-state index contributed by atoms with van der Waals surface area (Å²) in [6.07, 6.45) is 0.997. The number of nitrogens with zero attached hydrogens (tertiary/aromatic N) is 1. The zero-order chi connectivity index (χ0) is 9.14. The van der Waals surface area contributed by atoms with E-state index < -0.39 is 0 Å². The lowest BCUT2D eigenvalue weighted by Gasteiger charge is -2.22. The molecule has 3 heteroatoms. The standard InChI is InChI=1S/C9H16N2O/c1-4-5-11-8(7(2)3)6-10-9(11)12/h8H,2,4-6H2,1,3H3,(H,10,12)/t8-/m0/s1. The van der Waals surface area contributed by atoms with E-state index in [4.69, 9.17) is 0 Å². The molecule has 0 aromatic carbocycles. The number of hydrogen-bond acceptors (Lipinski definition) is 1. The second kappa shape index (κ2) is 3.61. The van der Waals surface area contributed by atoms with Crippen molar-refractivity contribution in [2.24, 2.45) is 0 Å². The fraction of sp³-hybridized carbons (Fsp3) is 0.667. The maximum Gasteiger partial charge on any atom is 0.318 e. The van der Waals surface area contributed by atoms with E-state index in [0.717, 1.165) is 18.5 Å². The summed E-state index contributed by atoms with van der Waals surface area (Å²) in [5, 5.41) is 2.81. The van der Waals surface area contributed by atoms with Gasteiger partial charge < -0.3 is 10.2 Å². The Morgan fingerprint density at radius 1 is 1.83 bits per heavy atom. The van der Waals surface area contributed by atoms with Crippen LogP contribution in [0.2, 0.25) is 0 Å². The zero-order valence-corrected chi connectivity index (χ0v) is 7.76. The first kappa shape index (κ1) is 9.10. The van der Waals surface area contributed by atoms with Crippen LogP contribution in [0, 0.1) is 0 Å². The van der Waals surface area contributed by atoms with Crippen LogP contribution in [0.3, 0.4) is 0 Å². The van der Waals surface area contributed by atoms with Crippen molar-refractivity contribution in [3.05, 3.63) is 12.2 Å². The molecule has 1 heterocycles. The van der Waals surface area contributed by atoms with E-state index in [1.807, 2.05) is 11.8 Å². The second-order valence-corrected chi connectivity index (χ2v) is 3.24. The second-order valence-electron chi connectivity index (χ2n) is 3.24. The monoisotopic (exact) mass is 168 g/mol. The van der Waals surface area contributed by atoms with Crippen molar-refractivity contribution in [3.8, 4) is 0 Å². The molecule has 0 saturated carbocycles. The van der Waals surface area contributed by atoms with Crippen LogP contribution in [0.4, 0.5) is 4.79 Å². The SMILES string of the molecule is C=C(C)[C@@H]1CNC(=O)N1CCC. The number of amides is 2. The third kappa shape index (κ3) is 1.60. The van der Waals surface area contributed by atoms with Gasteiger partial charge in [-0.2, -0.15) is 0 Å². The van der Waals surface area contributed by atoms with E-state index in [0.29, 0.717) is 6.54 Å². The van der Waals surface area contributed by atoms with Crippen LogP contribution in [0.1, 0.15) is 20.3 Å². The van der Waals surface area contributed by atoms with Gasteiger partial charge >= 0.3 is 6.03 Å². The number of urea groups is 1. The van der Waals surface area contributed by atoms with Crippen LogP contribution >= 0.6 is 0 Å². The molecule has 0 radical (unpaired) electrons. The van der Waals surface area contributed by atoms with Gasteiger partial charge in [0.25, 0.3) is 0 Å². The summed E-state index contributed by atoms with van der Waals surface area (Å²) in [7, 11) is 0. The number of rotatable bonds is 3. The largest absolute Gasteiger partial charge is 0.336 e. The Balaban J connectivity index is 2.63. The van der Waals surface area contributed by atoms with Gasteiger partial charge in [-0.3, -0.25) is 0 Å². The average molecular weight is 168 g/mol.